The summed E-state index contributed by atoms with van der Waals surface area (Å²) in [5.41, 5.74) is 2.44. The van der Waals surface area contributed by atoms with Gasteiger partial charge in [0.2, 0.25) is 0 Å². The standard InChI is InChI=1S/C18H13BrClF2N/c1-10-14(20)9-13(11-5-3-2-4-6-11)18(23-10)17-15(21)7-12(19)8-16(17)22/h2-8,14,23H,1,9H2. The van der Waals surface area contributed by atoms with Crippen LogP contribution in [0, 0.1) is 11.6 Å². The highest BCUT2D eigenvalue weighted by atomic mass is 79.9. The average Bonchev–Trinajstić information content (AvgIpc) is 2.50. The van der Waals surface area contributed by atoms with Gasteiger partial charge in [-0.1, -0.05) is 52.8 Å². The van der Waals surface area contributed by atoms with Crippen LogP contribution in [0.4, 0.5) is 8.78 Å². The second-order valence-corrected chi connectivity index (χ2v) is 6.73. The molecule has 0 saturated heterocycles. The molecule has 1 aliphatic rings. The van der Waals surface area contributed by atoms with Gasteiger partial charge in [0, 0.05) is 10.2 Å². The maximum atomic E-state index is 14.4. The molecule has 0 fully saturated rings. The number of rotatable bonds is 2. The molecule has 1 N–H and O–H groups in total. The highest BCUT2D eigenvalue weighted by Gasteiger charge is 2.27. The molecule has 1 nitrogen and oxygen atoms in total. The zero-order valence-corrected chi connectivity index (χ0v) is 14.4. The van der Waals surface area contributed by atoms with E-state index in [1.807, 2.05) is 30.3 Å². The van der Waals surface area contributed by atoms with Gasteiger partial charge in [0.15, 0.2) is 0 Å². The Bertz CT molecular complexity index is 779. The Morgan fingerprint density at radius 2 is 1.74 bits per heavy atom. The zero-order valence-electron chi connectivity index (χ0n) is 12.0. The molecule has 0 aromatic heterocycles. The predicted octanol–water partition coefficient (Wildman–Crippen LogP) is 5.71. The number of hydrogen-bond acceptors (Lipinski definition) is 1. The van der Waals surface area contributed by atoms with Crippen LogP contribution in [0.2, 0.25) is 0 Å². The van der Waals surface area contributed by atoms with E-state index in [9.17, 15) is 8.78 Å². The summed E-state index contributed by atoms with van der Waals surface area (Å²) in [6.45, 7) is 3.84. The topological polar surface area (TPSA) is 12.0 Å². The van der Waals surface area contributed by atoms with Gasteiger partial charge < -0.3 is 5.32 Å². The zero-order chi connectivity index (χ0) is 16.6. The minimum absolute atomic E-state index is 0.100. The van der Waals surface area contributed by atoms with Gasteiger partial charge in [-0.3, -0.25) is 0 Å². The smallest absolute Gasteiger partial charge is 0.136 e. The fourth-order valence-corrected chi connectivity index (χ4v) is 3.23. The molecule has 0 aliphatic carbocycles. The highest BCUT2D eigenvalue weighted by Crippen LogP contribution is 2.38. The number of alkyl halides is 1. The molecule has 1 atom stereocenters. The minimum Gasteiger partial charge on any atom is -0.357 e. The van der Waals surface area contributed by atoms with E-state index >= 15 is 0 Å². The normalized spacial score (nSPS) is 18.1. The summed E-state index contributed by atoms with van der Waals surface area (Å²) >= 11 is 9.38. The quantitative estimate of drug-likeness (QED) is 0.641. The molecule has 5 heteroatoms. The van der Waals surface area contributed by atoms with Crippen molar-refractivity contribution in [3.8, 4) is 0 Å². The summed E-state index contributed by atoms with van der Waals surface area (Å²) in [6, 6.07) is 11.9. The first-order valence-electron chi connectivity index (χ1n) is 7.00. The lowest BCUT2D eigenvalue weighted by Crippen LogP contribution is -2.26. The molecule has 0 amide bonds. The van der Waals surface area contributed by atoms with E-state index in [0.717, 1.165) is 11.1 Å². The Labute approximate surface area is 146 Å². The molecule has 0 saturated carbocycles. The lowest BCUT2D eigenvalue weighted by Gasteiger charge is -2.28. The van der Waals surface area contributed by atoms with E-state index in [2.05, 4.69) is 27.8 Å². The van der Waals surface area contributed by atoms with Crippen molar-refractivity contribution in [3.05, 3.63) is 82.0 Å². The van der Waals surface area contributed by atoms with Crippen LogP contribution in [-0.2, 0) is 0 Å². The monoisotopic (exact) mass is 395 g/mol. The summed E-state index contributed by atoms with van der Waals surface area (Å²) in [6.07, 6.45) is 0.446. The van der Waals surface area contributed by atoms with Crippen LogP contribution in [0.5, 0.6) is 0 Å². The van der Waals surface area contributed by atoms with Crippen LogP contribution >= 0.6 is 27.5 Å². The van der Waals surface area contributed by atoms with Crippen molar-refractivity contribution in [2.45, 2.75) is 11.8 Å². The van der Waals surface area contributed by atoms with E-state index in [4.69, 9.17) is 11.6 Å². The lowest BCUT2D eigenvalue weighted by atomic mass is 9.91. The van der Waals surface area contributed by atoms with E-state index in [1.54, 1.807) is 0 Å². The fourth-order valence-electron chi connectivity index (χ4n) is 2.61. The average molecular weight is 397 g/mol. The van der Waals surface area contributed by atoms with E-state index in [0.29, 0.717) is 22.3 Å². The van der Waals surface area contributed by atoms with Gasteiger partial charge in [-0.15, -0.1) is 11.6 Å². The van der Waals surface area contributed by atoms with Crippen LogP contribution in [-0.4, -0.2) is 5.38 Å². The Morgan fingerprint density at radius 1 is 1.13 bits per heavy atom. The first kappa shape index (κ1) is 16.2. The third kappa shape index (κ3) is 3.19. The van der Waals surface area contributed by atoms with Crippen molar-refractivity contribution in [2.24, 2.45) is 0 Å². The van der Waals surface area contributed by atoms with Crippen molar-refractivity contribution in [2.75, 3.05) is 0 Å². The SMILES string of the molecule is C=C1NC(c2c(F)cc(Br)cc2F)=C(c2ccccc2)CC1Cl. The molecule has 1 unspecified atom stereocenters. The molecule has 0 spiro atoms. The lowest BCUT2D eigenvalue weighted by molar-refractivity contribution is 0.573. The summed E-state index contributed by atoms with van der Waals surface area (Å²) in [7, 11) is 0. The predicted molar refractivity (Wildman–Crippen MR) is 93.8 cm³/mol. The van der Waals surface area contributed by atoms with Gasteiger partial charge in [-0.25, -0.2) is 8.78 Å². The molecule has 2 aromatic rings. The number of nitrogens with one attached hydrogen (secondary N) is 1. The molecular formula is C18H13BrClF2N. The molecule has 2 aromatic carbocycles. The maximum Gasteiger partial charge on any atom is 0.136 e. The molecule has 0 radical (unpaired) electrons. The molecule has 23 heavy (non-hydrogen) atoms. The molecule has 1 heterocycles. The first-order valence-corrected chi connectivity index (χ1v) is 8.23. The second kappa shape index (κ2) is 6.46. The summed E-state index contributed by atoms with van der Waals surface area (Å²) < 4.78 is 29.2. The van der Waals surface area contributed by atoms with Gasteiger partial charge in [0.05, 0.1) is 16.6 Å². The first-order chi connectivity index (χ1) is 11.0. The van der Waals surface area contributed by atoms with Gasteiger partial charge in [-0.05, 0) is 29.7 Å². The van der Waals surface area contributed by atoms with Crippen molar-refractivity contribution in [3.63, 3.8) is 0 Å². The van der Waals surface area contributed by atoms with Crippen molar-refractivity contribution < 1.29 is 8.78 Å². The van der Waals surface area contributed by atoms with Crippen LogP contribution in [0.25, 0.3) is 11.3 Å². The molecule has 118 valence electrons. The van der Waals surface area contributed by atoms with Crippen LogP contribution < -0.4 is 5.32 Å². The van der Waals surface area contributed by atoms with Crippen molar-refractivity contribution in [1.29, 1.82) is 0 Å². The summed E-state index contributed by atoms with van der Waals surface area (Å²) in [5, 5.41) is 2.65. The molecule has 1 aliphatic heterocycles. The second-order valence-electron chi connectivity index (χ2n) is 5.29. The van der Waals surface area contributed by atoms with Crippen molar-refractivity contribution in [1.82, 2.24) is 5.32 Å². The molecular weight excluding hydrogens is 384 g/mol. The maximum absolute atomic E-state index is 14.4. The molecule has 3 rings (SSSR count). The Morgan fingerprint density at radius 3 is 2.35 bits per heavy atom. The van der Waals surface area contributed by atoms with E-state index < -0.39 is 11.6 Å². The number of allylic oxidation sites excluding steroid dienone is 2. The van der Waals surface area contributed by atoms with Crippen LogP contribution in [0.3, 0.4) is 0 Å². The van der Waals surface area contributed by atoms with Crippen LogP contribution in [0.15, 0.2) is 59.2 Å². The van der Waals surface area contributed by atoms with Crippen LogP contribution in [0.1, 0.15) is 17.5 Å². The fraction of sp³-hybridized carbons (Fsp3) is 0.111. The number of benzene rings is 2. The van der Waals surface area contributed by atoms with Gasteiger partial charge >= 0.3 is 0 Å². The number of halogens is 4. The van der Waals surface area contributed by atoms with Crippen molar-refractivity contribution >= 4 is 38.8 Å². The van der Waals surface area contributed by atoms with Gasteiger partial charge in [0.1, 0.15) is 11.6 Å². The Kier molecular flexibility index (Phi) is 4.55. The van der Waals surface area contributed by atoms with Gasteiger partial charge in [-0.2, -0.15) is 0 Å². The summed E-state index contributed by atoms with van der Waals surface area (Å²) in [5.74, 6) is -1.29. The third-order valence-corrected chi connectivity index (χ3v) is 4.60. The van der Waals surface area contributed by atoms with Gasteiger partial charge in [0.25, 0.3) is 0 Å². The molecule has 0 bridgehead atoms. The summed E-state index contributed by atoms with van der Waals surface area (Å²) in [4.78, 5) is 0. The Hall–Kier alpha value is -1.65. The Balaban J connectivity index is 2.25. The van der Waals surface area contributed by atoms with E-state index in [-0.39, 0.29) is 10.9 Å². The van der Waals surface area contributed by atoms with E-state index in [1.165, 1.54) is 12.1 Å². The third-order valence-electron chi connectivity index (χ3n) is 3.73. The highest BCUT2D eigenvalue weighted by molar-refractivity contribution is 9.10. The largest absolute Gasteiger partial charge is 0.357 e. The minimum atomic E-state index is -0.645. The number of hydrogen-bond donors (Lipinski definition) is 1.